The Hall–Kier alpha value is -2.24. The minimum Gasteiger partial charge on any atom is -0.388 e. The molecule has 5 heteroatoms. The van der Waals surface area contributed by atoms with Gasteiger partial charge in [0.05, 0.1) is 0 Å². The number of pyridine rings is 1. The molecule has 5 nitrogen and oxygen atoms in total. The van der Waals surface area contributed by atoms with E-state index in [2.05, 4.69) is 49.8 Å². The Morgan fingerprint density at radius 1 is 1.12 bits per heavy atom. The van der Waals surface area contributed by atoms with Gasteiger partial charge in [-0.3, -0.25) is 4.90 Å². The summed E-state index contributed by atoms with van der Waals surface area (Å²) >= 11 is 0. The van der Waals surface area contributed by atoms with Crippen molar-refractivity contribution in [3.63, 3.8) is 0 Å². The zero-order valence-electron chi connectivity index (χ0n) is 14.4. The third-order valence-electron chi connectivity index (χ3n) is 5.02. The zero-order valence-corrected chi connectivity index (χ0v) is 14.4. The van der Waals surface area contributed by atoms with Crippen LogP contribution in [0.25, 0.3) is 11.2 Å². The van der Waals surface area contributed by atoms with E-state index in [0.29, 0.717) is 11.7 Å². The predicted molar refractivity (Wildman–Crippen MR) is 97.9 cm³/mol. The van der Waals surface area contributed by atoms with Crippen molar-refractivity contribution < 1.29 is 5.11 Å². The molecule has 1 atom stereocenters. The highest BCUT2D eigenvalue weighted by Crippen LogP contribution is 2.23. The molecule has 130 valence electrons. The number of nitrogens with zero attached hydrogens (tertiary/aromatic N) is 4. The maximum absolute atomic E-state index is 9.67. The standard InChI is InChI=1S/C20H24N4O/c25-15-19-22-18-9-4-10-21-20(18)24(19)14-17-8-5-11-23(13-17)12-16-6-2-1-3-7-16/h1-4,6-7,9-10,17,25H,5,8,11-15H2/t17-/m1/s1. The molecule has 3 aromatic rings. The third-order valence-corrected chi connectivity index (χ3v) is 5.02. The van der Waals surface area contributed by atoms with Gasteiger partial charge < -0.3 is 9.67 Å². The molecule has 1 N–H and O–H groups in total. The summed E-state index contributed by atoms with van der Waals surface area (Å²) in [5.41, 5.74) is 3.11. The maximum Gasteiger partial charge on any atom is 0.160 e. The Morgan fingerprint density at radius 2 is 2.00 bits per heavy atom. The second kappa shape index (κ2) is 7.33. The highest BCUT2D eigenvalue weighted by molar-refractivity contribution is 5.71. The molecule has 25 heavy (non-hydrogen) atoms. The van der Waals surface area contributed by atoms with Gasteiger partial charge in [-0.15, -0.1) is 0 Å². The SMILES string of the molecule is OCc1nc2cccnc2n1C[C@@H]1CCCN(Cc2ccccc2)C1. The number of likely N-dealkylation sites (tertiary alicyclic amines) is 1. The van der Waals surface area contributed by atoms with Gasteiger partial charge in [0.15, 0.2) is 5.65 Å². The average molecular weight is 336 g/mol. The molecule has 0 aliphatic carbocycles. The van der Waals surface area contributed by atoms with Gasteiger partial charge in [-0.2, -0.15) is 0 Å². The Balaban J connectivity index is 1.49. The summed E-state index contributed by atoms with van der Waals surface area (Å²) in [7, 11) is 0. The van der Waals surface area contributed by atoms with Crippen LogP contribution in [0.1, 0.15) is 24.2 Å². The van der Waals surface area contributed by atoms with Gasteiger partial charge in [-0.1, -0.05) is 30.3 Å². The Labute approximate surface area is 147 Å². The number of piperidine rings is 1. The number of benzene rings is 1. The predicted octanol–water partition coefficient (Wildman–Crippen LogP) is 2.84. The van der Waals surface area contributed by atoms with E-state index >= 15 is 0 Å². The van der Waals surface area contributed by atoms with Gasteiger partial charge in [-0.05, 0) is 43.0 Å². The molecule has 1 aromatic carbocycles. The van der Waals surface area contributed by atoms with Crippen molar-refractivity contribution in [2.75, 3.05) is 13.1 Å². The lowest BCUT2D eigenvalue weighted by molar-refractivity contribution is 0.154. The van der Waals surface area contributed by atoms with Gasteiger partial charge in [0.25, 0.3) is 0 Å². The number of fused-ring (bicyclic) bond motifs is 1. The molecule has 1 saturated heterocycles. The van der Waals surface area contributed by atoms with Crippen LogP contribution in [0.3, 0.4) is 0 Å². The van der Waals surface area contributed by atoms with Gasteiger partial charge in [-0.25, -0.2) is 9.97 Å². The molecule has 0 unspecified atom stereocenters. The fourth-order valence-corrected chi connectivity index (χ4v) is 3.86. The molecule has 2 aromatic heterocycles. The smallest absolute Gasteiger partial charge is 0.160 e. The van der Waals surface area contributed by atoms with Gasteiger partial charge in [0.2, 0.25) is 0 Å². The first-order chi connectivity index (χ1) is 12.3. The van der Waals surface area contributed by atoms with E-state index in [9.17, 15) is 5.11 Å². The van der Waals surface area contributed by atoms with Crippen LogP contribution in [-0.2, 0) is 19.7 Å². The molecule has 1 aliphatic heterocycles. The number of hydrogen-bond donors (Lipinski definition) is 1. The molecule has 0 bridgehead atoms. The van der Waals surface area contributed by atoms with Crippen molar-refractivity contribution in [2.24, 2.45) is 5.92 Å². The number of aliphatic hydroxyl groups excluding tert-OH is 1. The van der Waals surface area contributed by atoms with E-state index in [4.69, 9.17) is 0 Å². The number of hydrogen-bond acceptors (Lipinski definition) is 4. The number of imidazole rings is 1. The maximum atomic E-state index is 9.67. The summed E-state index contributed by atoms with van der Waals surface area (Å²) in [6, 6.07) is 14.5. The fourth-order valence-electron chi connectivity index (χ4n) is 3.86. The largest absolute Gasteiger partial charge is 0.388 e. The van der Waals surface area contributed by atoms with Crippen molar-refractivity contribution in [3.05, 3.63) is 60.0 Å². The lowest BCUT2D eigenvalue weighted by atomic mass is 9.97. The lowest BCUT2D eigenvalue weighted by Crippen LogP contribution is -2.36. The summed E-state index contributed by atoms with van der Waals surface area (Å²) in [4.78, 5) is 11.5. The first-order valence-electron chi connectivity index (χ1n) is 9.01. The van der Waals surface area contributed by atoms with Crippen LogP contribution < -0.4 is 0 Å². The van der Waals surface area contributed by atoms with Crippen molar-refractivity contribution in [2.45, 2.75) is 32.5 Å². The summed E-state index contributed by atoms with van der Waals surface area (Å²) < 4.78 is 2.10. The summed E-state index contributed by atoms with van der Waals surface area (Å²) in [5, 5.41) is 9.67. The molecule has 0 radical (unpaired) electrons. The number of aromatic nitrogens is 3. The summed E-state index contributed by atoms with van der Waals surface area (Å²) in [6.07, 6.45) is 4.22. The molecular formula is C20H24N4O. The minimum absolute atomic E-state index is 0.0448. The van der Waals surface area contributed by atoms with Crippen LogP contribution in [0, 0.1) is 5.92 Å². The minimum atomic E-state index is -0.0448. The van der Waals surface area contributed by atoms with Gasteiger partial charge >= 0.3 is 0 Å². The van der Waals surface area contributed by atoms with E-state index in [1.54, 1.807) is 6.20 Å². The second-order valence-corrected chi connectivity index (χ2v) is 6.87. The molecule has 0 amide bonds. The first-order valence-corrected chi connectivity index (χ1v) is 9.01. The highest BCUT2D eigenvalue weighted by atomic mass is 16.3. The number of rotatable bonds is 5. The molecule has 1 aliphatic rings. The van der Waals surface area contributed by atoms with E-state index < -0.39 is 0 Å². The molecule has 4 rings (SSSR count). The second-order valence-electron chi connectivity index (χ2n) is 6.87. The molecule has 0 saturated carbocycles. The van der Waals surface area contributed by atoms with E-state index in [-0.39, 0.29) is 6.61 Å². The van der Waals surface area contributed by atoms with Crippen molar-refractivity contribution >= 4 is 11.2 Å². The number of aliphatic hydroxyl groups is 1. The Bertz CT molecular complexity index is 830. The van der Waals surface area contributed by atoms with Crippen LogP contribution in [0.2, 0.25) is 0 Å². The zero-order chi connectivity index (χ0) is 17.1. The first kappa shape index (κ1) is 16.2. The van der Waals surface area contributed by atoms with Crippen LogP contribution >= 0.6 is 0 Å². The normalized spacial score (nSPS) is 18.7. The van der Waals surface area contributed by atoms with Crippen LogP contribution in [0.15, 0.2) is 48.7 Å². The van der Waals surface area contributed by atoms with Crippen LogP contribution in [0.4, 0.5) is 0 Å². The molecule has 3 heterocycles. The summed E-state index contributed by atoms with van der Waals surface area (Å²) in [6.45, 7) is 4.06. The fraction of sp³-hybridized carbons (Fsp3) is 0.400. The topological polar surface area (TPSA) is 54.2 Å². The summed E-state index contributed by atoms with van der Waals surface area (Å²) in [5.74, 6) is 1.27. The third kappa shape index (κ3) is 3.57. The van der Waals surface area contributed by atoms with E-state index in [0.717, 1.165) is 37.3 Å². The Morgan fingerprint density at radius 3 is 2.84 bits per heavy atom. The quantitative estimate of drug-likeness (QED) is 0.778. The van der Waals surface area contributed by atoms with Gasteiger partial charge in [0, 0.05) is 25.8 Å². The average Bonchev–Trinajstić information content (AvgIpc) is 3.01. The van der Waals surface area contributed by atoms with Crippen molar-refractivity contribution in [1.29, 1.82) is 0 Å². The molecule has 1 fully saturated rings. The molecule has 0 spiro atoms. The lowest BCUT2D eigenvalue weighted by Gasteiger charge is -2.33. The van der Waals surface area contributed by atoms with Gasteiger partial charge in [0.1, 0.15) is 17.9 Å². The van der Waals surface area contributed by atoms with E-state index in [1.807, 2.05) is 12.1 Å². The van der Waals surface area contributed by atoms with Crippen LogP contribution in [0.5, 0.6) is 0 Å². The Kier molecular flexibility index (Phi) is 4.76. The van der Waals surface area contributed by atoms with E-state index in [1.165, 1.54) is 18.4 Å². The van der Waals surface area contributed by atoms with Crippen molar-refractivity contribution in [3.8, 4) is 0 Å². The van der Waals surface area contributed by atoms with Crippen molar-refractivity contribution in [1.82, 2.24) is 19.4 Å². The monoisotopic (exact) mass is 336 g/mol. The van der Waals surface area contributed by atoms with Crippen LogP contribution in [-0.4, -0.2) is 37.6 Å². The molecular weight excluding hydrogens is 312 g/mol. The highest BCUT2D eigenvalue weighted by Gasteiger charge is 2.22.